The predicted molar refractivity (Wildman–Crippen MR) is 159 cm³/mol. The summed E-state index contributed by atoms with van der Waals surface area (Å²) in [7, 11) is 1.28. The van der Waals surface area contributed by atoms with Gasteiger partial charge in [-0.2, -0.15) is 0 Å². The second-order valence-corrected chi connectivity index (χ2v) is 11.7. The molecule has 3 heterocycles. The first-order valence-corrected chi connectivity index (χ1v) is 14.9. The molecule has 0 unspecified atom stereocenters. The molecule has 3 aliphatic rings. The number of fused-ring (bicyclic) bond motifs is 3. The van der Waals surface area contributed by atoms with Crippen molar-refractivity contribution in [3.63, 3.8) is 0 Å². The van der Waals surface area contributed by atoms with Crippen LogP contribution < -0.4 is 4.74 Å². The number of carbonyl (C=O) groups is 1. The lowest BCUT2D eigenvalue weighted by atomic mass is 9.84. The quantitative estimate of drug-likeness (QED) is 0.246. The second-order valence-electron chi connectivity index (χ2n) is 11.3. The summed E-state index contributed by atoms with van der Waals surface area (Å²) in [6.07, 6.45) is -6.83. The molecule has 0 radical (unpaired) electrons. The average molecular weight is 627 g/mol. The van der Waals surface area contributed by atoms with Crippen molar-refractivity contribution in [2.24, 2.45) is 0 Å². The number of ether oxygens (including phenoxy) is 3. The summed E-state index contributed by atoms with van der Waals surface area (Å²) in [6, 6.07) is 18.0. The number of nitrogens with zero attached hydrogens (tertiary/aromatic N) is 2. The first kappa shape index (κ1) is 30.6. The van der Waals surface area contributed by atoms with E-state index in [0.29, 0.717) is 31.2 Å². The molecule has 0 spiro atoms. The molecule has 44 heavy (non-hydrogen) atoms. The van der Waals surface area contributed by atoms with Gasteiger partial charge in [0.05, 0.1) is 25.3 Å². The van der Waals surface area contributed by atoms with E-state index in [9.17, 15) is 30.3 Å². The van der Waals surface area contributed by atoms with Crippen molar-refractivity contribution in [3.8, 4) is 17.2 Å². The van der Waals surface area contributed by atoms with Gasteiger partial charge in [0.15, 0.2) is 17.6 Å². The van der Waals surface area contributed by atoms with E-state index in [2.05, 4.69) is 21.9 Å². The van der Waals surface area contributed by atoms with E-state index in [1.165, 1.54) is 7.11 Å². The SMILES string of the molecule is COc1c(O)c(CN2CCN([C@H](c3ccccc3)c3ccc(Cl)cc3)CC2)c2c(c1O)[C@H]1O[C@H](CO)[C@@H](O)[C@H](O)[C@@H]1OC2=O. The minimum atomic E-state index is -1.57. The number of carbonyl (C=O) groups excluding carboxylic acids is 1. The van der Waals surface area contributed by atoms with Gasteiger partial charge >= 0.3 is 5.97 Å². The Labute approximate surface area is 259 Å². The van der Waals surface area contributed by atoms with Gasteiger partial charge in [-0.1, -0.05) is 54.1 Å². The lowest BCUT2D eigenvalue weighted by Crippen LogP contribution is -2.58. The summed E-state index contributed by atoms with van der Waals surface area (Å²) in [5.41, 5.74) is 2.34. The standard InChI is InChI=1S/C32H35ClN2O9/c1-42-30-25(37)20(22-23(27(30)39)29-31(44-32(22)41)28(40)26(38)21(16-36)43-29)15-34-11-13-35(14-12-34)24(17-5-3-2-4-6-17)18-7-9-19(33)10-8-18/h2-10,21,24,26,28-29,31,36-40H,11-16H2,1H3/t21-,24-,26-,28+,29-,31+/m1/s1. The summed E-state index contributed by atoms with van der Waals surface area (Å²) in [5.74, 6) is -2.07. The number of aliphatic hydroxyl groups is 3. The molecule has 2 fully saturated rings. The van der Waals surface area contributed by atoms with Gasteiger partial charge in [0.25, 0.3) is 0 Å². The highest BCUT2D eigenvalue weighted by Gasteiger charge is 2.53. The minimum absolute atomic E-state index is 0.00200. The summed E-state index contributed by atoms with van der Waals surface area (Å²) in [4.78, 5) is 17.8. The molecule has 3 aliphatic heterocycles. The van der Waals surface area contributed by atoms with Crippen LogP contribution in [0.2, 0.25) is 5.02 Å². The molecule has 2 saturated heterocycles. The zero-order valence-electron chi connectivity index (χ0n) is 24.0. The molecule has 0 bridgehead atoms. The topological polar surface area (TPSA) is 152 Å². The van der Waals surface area contributed by atoms with E-state index in [0.717, 1.165) is 11.1 Å². The number of halogens is 1. The molecule has 3 aromatic rings. The number of hydrogen-bond acceptors (Lipinski definition) is 11. The second kappa shape index (κ2) is 12.5. The molecule has 6 rings (SSSR count). The number of esters is 1. The number of rotatable bonds is 7. The lowest BCUT2D eigenvalue weighted by Gasteiger charge is -2.45. The first-order valence-electron chi connectivity index (χ1n) is 14.5. The molecule has 0 amide bonds. The van der Waals surface area contributed by atoms with Crippen molar-refractivity contribution in [1.29, 1.82) is 0 Å². The highest BCUT2D eigenvalue weighted by molar-refractivity contribution is 6.30. The van der Waals surface area contributed by atoms with Crippen molar-refractivity contribution < 1.29 is 44.5 Å². The van der Waals surface area contributed by atoms with Crippen LogP contribution in [0.15, 0.2) is 54.6 Å². The molecular formula is C32H35ClN2O9. The normalized spacial score (nSPS) is 26.4. The highest BCUT2D eigenvalue weighted by atomic mass is 35.5. The molecule has 5 N–H and O–H groups in total. The Morgan fingerprint density at radius 1 is 0.955 bits per heavy atom. The lowest BCUT2D eigenvalue weighted by molar-refractivity contribution is -0.235. The van der Waals surface area contributed by atoms with E-state index in [-0.39, 0.29) is 35.0 Å². The zero-order chi connectivity index (χ0) is 31.1. The predicted octanol–water partition coefficient (Wildman–Crippen LogP) is 2.36. The Kier molecular flexibility index (Phi) is 8.71. The number of aliphatic hydroxyl groups excluding tert-OH is 3. The van der Waals surface area contributed by atoms with Crippen LogP contribution in [0.25, 0.3) is 0 Å². The van der Waals surface area contributed by atoms with Crippen molar-refractivity contribution in [2.75, 3.05) is 39.9 Å². The van der Waals surface area contributed by atoms with Gasteiger partial charge in [-0.25, -0.2) is 4.79 Å². The maximum atomic E-state index is 13.4. The summed E-state index contributed by atoms with van der Waals surface area (Å²) in [5, 5.41) is 53.7. The zero-order valence-corrected chi connectivity index (χ0v) is 24.8. The Morgan fingerprint density at radius 3 is 2.25 bits per heavy atom. The molecule has 0 saturated carbocycles. The molecule has 0 aliphatic carbocycles. The molecule has 12 heteroatoms. The van der Waals surface area contributed by atoms with Gasteiger partial charge in [0.1, 0.15) is 24.4 Å². The Morgan fingerprint density at radius 2 is 1.61 bits per heavy atom. The van der Waals surface area contributed by atoms with Crippen LogP contribution in [-0.2, 0) is 16.0 Å². The smallest absolute Gasteiger partial charge is 0.339 e. The van der Waals surface area contributed by atoms with E-state index in [1.807, 2.05) is 42.5 Å². The van der Waals surface area contributed by atoms with Gasteiger partial charge in [-0.15, -0.1) is 0 Å². The fraction of sp³-hybridized carbons (Fsp3) is 0.406. The summed E-state index contributed by atoms with van der Waals surface area (Å²) in [6.45, 7) is 2.09. The third-order valence-electron chi connectivity index (χ3n) is 8.80. The number of phenols is 2. The molecule has 234 valence electrons. The molecule has 11 nitrogen and oxygen atoms in total. The van der Waals surface area contributed by atoms with Crippen LogP contribution in [-0.4, -0.2) is 106 Å². The van der Waals surface area contributed by atoms with Crippen LogP contribution in [0.3, 0.4) is 0 Å². The number of hydrogen-bond donors (Lipinski definition) is 5. The van der Waals surface area contributed by atoms with Gasteiger partial charge in [0, 0.05) is 48.9 Å². The third-order valence-corrected chi connectivity index (χ3v) is 9.05. The van der Waals surface area contributed by atoms with Crippen molar-refractivity contribution in [3.05, 3.63) is 87.4 Å². The van der Waals surface area contributed by atoms with Crippen molar-refractivity contribution in [1.82, 2.24) is 9.80 Å². The van der Waals surface area contributed by atoms with E-state index in [1.54, 1.807) is 0 Å². The molecular weight excluding hydrogens is 592 g/mol. The van der Waals surface area contributed by atoms with Crippen LogP contribution in [0.4, 0.5) is 0 Å². The van der Waals surface area contributed by atoms with E-state index in [4.69, 9.17) is 25.8 Å². The molecule has 6 atom stereocenters. The van der Waals surface area contributed by atoms with Gasteiger partial charge in [0.2, 0.25) is 5.75 Å². The van der Waals surface area contributed by atoms with Crippen molar-refractivity contribution in [2.45, 2.75) is 43.1 Å². The largest absolute Gasteiger partial charge is 0.504 e. The maximum Gasteiger partial charge on any atom is 0.339 e. The average Bonchev–Trinajstić information content (AvgIpc) is 3.03. The number of methoxy groups -OCH3 is 1. The fourth-order valence-electron chi connectivity index (χ4n) is 6.56. The van der Waals surface area contributed by atoms with Gasteiger partial charge in [-0.3, -0.25) is 9.80 Å². The minimum Gasteiger partial charge on any atom is -0.504 e. The van der Waals surface area contributed by atoms with Crippen molar-refractivity contribution >= 4 is 17.6 Å². The number of phenolic OH excluding ortho intramolecular Hbond substituents is 2. The fourth-order valence-corrected chi connectivity index (χ4v) is 6.69. The maximum absolute atomic E-state index is 13.4. The number of benzene rings is 3. The van der Waals surface area contributed by atoms with Gasteiger partial charge in [-0.05, 0) is 23.3 Å². The summed E-state index contributed by atoms with van der Waals surface area (Å²) >= 11 is 6.17. The first-order chi connectivity index (χ1) is 21.2. The Balaban J connectivity index is 1.29. The molecule has 0 aromatic heterocycles. The van der Waals surface area contributed by atoms with E-state index < -0.39 is 54.6 Å². The number of piperazine rings is 1. The Hall–Kier alpha value is -3.42. The van der Waals surface area contributed by atoms with Crippen LogP contribution in [0.1, 0.15) is 44.8 Å². The highest BCUT2D eigenvalue weighted by Crippen LogP contribution is 2.52. The van der Waals surface area contributed by atoms with Crippen LogP contribution in [0, 0.1) is 0 Å². The Bertz CT molecular complexity index is 1500. The number of aromatic hydroxyl groups is 2. The van der Waals surface area contributed by atoms with Crippen LogP contribution in [0.5, 0.6) is 17.2 Å². The third kappa shape index (κ3) is 5.39. The van der Waals surface area contributed by atoms with Crippen LogP contribution >= 0.6 is 11.6 Å². The van der Waals surface area contributed by atoms with Gasteiger partial charge < -0.3 is 39.7 Å². The monoisotopic (exact) mass is 626 g/mol. The summed E-state index contributed by atoms with van der Waals surface area (Å²) < 4.78 is 16.7. The van der Waals surface area contributed by atoms with E-state index >= 15 is 0 Å². The molecule has 3 aromatic carbocycles.